The zero-order valence-corrected chi connectivity index (χ0v) is 9.26. The summed E-state index contributed by atoms with van der Waals surface area (Å²) in [5.74, 6) is 0.100. The van der Waals surface area contributed by atoms with Crippen molar-refractivity contribution < 1.29 is 10.3 Å². The van der Waals surface area contributed by atoms with E-state index in [1.54, 1.807) is 14.0 Å². The Labute approximate surface area is 88.5 Å². The third-order valence-electron chi connectivity index (χ3n) is 2.18. The number of hydroxylamine groups is 2. The molecule has 0 unspecified atom stereocenters. The molecule has 0 aromatic heterocycles. The van der Waals surface area contributed by atoms with Crippen molar-refractivity contribution in [3.8, 4) is 5.75 Å². The van der Waals surface area contributed by atoms with Crippen LogP contribution in [-0.2, 0) is 6.54 Å². The predicted octanol–water partition coefficient (Wildman–Crippen LogP) is 2.48. The number of phenols is 1. The summed E-state index contributed by atoms with van der Waals surface area (Å²) in [6.45, 7) is 3.97. The molecule has 0 bridgehead atoms. The van der Waals surface area contributed by atoms with Gasteiger partial charge in [-0.05, 0) is 30.5 Å². The van der Waals surface area contributed by atoms with E-state index in [1.807, 2.05) is 13.0 Å². The summed E-state index contributed by atoms with van der Waals surface area (Å²) in [4.78, 5) is 0. The Morgan fingerprint density at radius 2 is 2.00 bits per heavy atom. The Bertz CT molecular complexity index is 350. The SMILES string of the molecule is Cc1cc(CN(C)O)c(C)c(O)c1Cl. The summed E-state index contributed by atoms with van der Waals surface area (Å²) in [6, 6.07) is 1.87. The number of hydrogen-bond donors (Lipinski definition) is 2. The molecule has 1 aromatic carbocycles. The number of aromatic hydroxyl groups is 1. The molecular weight excluding hydrogens is 202 g/mol. The lowest BCUT2D eigenvalue weighted by atomic mass is 10.0. The number of phenolic OH excluding ortho intramolecular Hbond substituents is 1. The van der Waals surface area contributed by atoms with Crippen LogP contribution in [0.2, 0.25) is 5.02 Å². The second kappa shape index (κ2) is 4.17. The largest absolute Gasteiger partial charge is 0.506 e. The molecule has 0 aliphatic rings. The second-order valence-corrected chi connectivity index (χ2v) is 3.83. The summed E-state index contributed by atoms with van der Waals surface area (Å²) in [6.07, 6.45) is 0. The number of hydrogen-bond acceptors (Lipinski definition) is 3. The van der Waals surface area contributed by atoms with Gasteiger partial charge < -0.3 is 10.3 Å². The van der Waals surface area contributed by atoms with Crippen molar-refractivity contribution in [3.63, 3.8) is 0 Å². The van der Waals surface area contributed by atoms with Gasteiger partial charge >= 0.3 is 0 Å². The number of aryl methyl sites for hydroxylation is 1. The van der Waals surface area contributed by atoms with Gasteiger partial charge in [0.25, 0.3) is 0 Å². The maximum absolute atomic E-state index is 9.65. The van der Waals surface area contributed by atoms with Crippen molar-refractivity contribution in [3.05, 3.63) is 27.8 Å². The monoisotopic (exact) mass is 215 g/mol. The van der Waals surface area contributed by atoms with Crippen LogP contribution in [0.4, 0.5) is 0 Å². The van der Waals surface area contributed by atoms with Gasteiger partial charge in [0.15, 0.2) is 0 Å². The smallest absolute Gasteiger partial charge is 0.137 e. The van der Waals surface area contributed by atoms with Gasteiger partial charge in [0.05, 0.1) is 5.02 Å². The number of rotatable bonds is 2. The van der Waals surface area contributed by atoms with Crippen molar-refractivity contribution in [1.82, 2.24) is 5.06 Å². The summed E-state index contributed by atoms with van der Waals surface area (Å²) in [7, 11) is 1.56. The molecule has 14 heavy (non-hydrogen) atoms. The van der Waals surface area contributed by atoms with E-state index in [9.17, 15) is 5.11 Å². The minimum Gasteiger partial charge on any atom is -0.506 e. The predicted molar refractivity (Wildman–Crippen MR) is 55.8 cm³/mol. The first-order chi connectivity index (χ1) is 6.43. The molecule has 0 spiro atoms. The normalized spacial score (nSPS) is 11.0. The highest BCUT2D eigenvalue weighted by Gasteiger charge is 2.11. The molecule has 1 rings (SSSR count). The molecule has 2 N–H and O–H groups in total. The van der Waals surface area contributed by atoms with E-state index < -0.39 is 0 Å². The molecule has 0 fully saturated rings. The van der Waals surface area contributed by atoms with Crippen LogP contribution in [0.5, 0.6) is 5.75 Å². The molecule has 0 atom stereocenters. The fourth-order valence-electron chi connectivity index (χ4n) is 1.35. The van der Waals surface area contributed by atoms with E-state index >= 15 is 0 Å². The Hall–Kier alpha value is -0.770. The van der Waals surface area contributed by atoms with Gasteiger partial charge in [-0.1, -0.05) is 17.7 Å². The molecule has 0 saturated carbocycles. The van der Waals surface area contributed by atoms with Gasteiger partial charge in [-0.3, -0.25) is 0 Å². The Morgan fingerprint density at radius 3 is 2.50 bits per heavy atom. The van der Waals surface area contributed by atoms with Gasteiger partial charge in [0.2, 0.25) is 0 Å². The van der Waals surface area contributed by atoms with Gasteiger partial charge in [-0.15, -0.1) is 0 Å². The highest BCUT2D eigenvalue weighted by molar-refractivity contribution is 6.32. The van der Waals surface area contributed by atoms with Crippen LogP contribution in [0.25, 0.3) is 0 Å². The van der Waals surface area contributed by atoms with Crippen LogP contribution in [0.1, 0.15) is 16.7 Å². The van der Waals surface area contributed by atoms with Crippen LogP contribution in [-0.4, -0.2) is 22.4 Å². The molecule has 0 aliphatic heterocycles. The summed E-state index contributed by atoms with van der Waals surface area (Å²) < 4.78 is 0. The summed E-state index contributed by atoms with van der Waals surface area (Å²) in [5, 5.41) is 20.2. The van der Waals surface area contributed by atoms with Crippen LogP contribution in [0.15, 0.2) is 6.07 Å². The zero-order chi connectivity index (χ0) is 10.9. The Balaban J connectivity index is 3.19. The van der Waals surface area contributed by atoms with Crippen molar-refractivity contribution >= 4 is 11.6 Å². The number of nitrogens with zero attached hydrogens (tertiary/aromatic N) is 1. The van der Waals surface area contributed by atoms with Crippen molar-refractivity contribution in [2.24, 2.45) is 0 Å². The fourth-order valence-corrected chi connectivity index (χ4v) is 1.54. The Kier molecular flexibility index (Phi) is 3.37. The minimum absolute atomic E-state index is 0.100. The molecule has 0 saturated heterocycles. The maximum Gasteiger partial charge on any atom is 0.137 e. The lowest BCUT2D eigenvalue weighted by molar-refractivity contribution is -0.0733. The molecule has 4 heteroatoms. The standard InChI is InChI=1S/C10H14ClNO2/c1-6-4-8(5-12(3)14)7(2)10(13)9(6)11/h4,13-14H,5H2,1-3H3. The van der Waals surface area contributed by atoms with Crippen LogP contribution >= 0.6 is 11.6 Å². The third kappa shape index (κ3) is 2.18. The van der Waals surface area contributed by atoms with E-state index in [0.29, 0.717) is 17.1 Å². The average Bonchev–Trinajstić information content (AvgIpc) is 2.10. The van der Waals surface area contributed by atoms with Crippen molar-refractivity contribution in [2.45, 2.75) is 20.4 Å². The molecule has 0 amide bonds. The summed E-state index contributed by atoms with van der Waals surface area (Å²) >= 11 is 5.87. The van der Waals surface area contributed by atoms with Gasteiger partial charge in [0.1, 0.15) is 5.75 Å². The topological polar surface area (TPSA) is 43.7 Å². The number of halogens is 1. The summed E-state index contributed by atoms with van der Waals surface area (Å²) in [5.41, 5.74) is 2.39. The van der Waals surface area contributed by atoms with Gasteiger partial charge in [-0.25, -0.2) is 0 Å². The molecule has 0 heterocycles. The van der Waals surface area contributed by atoms with Crippen LogP contribution in [0, 0.1) is 13.8 Å². The van der Waals surface area contributed by atoms with Crippen molar-refractivity contribution in [2.75, 3.05) is 7.05 Å². The molecule has 78 valence electrons. The maximum atomic E-state index is 9.65. The Morgan fingerprint density at radius 1 is 1.43 bits per heavy atom. The van der Waals surface area contributed by atoms with Crippen LogP contribution in [0.3, 0.4) is 0 Å². The first-order valence-electron chi connectivity index (χ1n) is 4.31. The highest BCUT2D eigenvalue weighted by Crippen LogP contribution is 2.32. The van der Waals surface area contributed by atoms with Gasteiger partial charge in [0, 0.05) is 13.6 Å². The average molecular weight is 216 g/mol. The molecule has 0 radical (unpaired) electrons. The quantitative estimate of drug-likeness (QED) is 0.745. The first-order valence-corrected chi connectivity index (χ1v) is 4.68. The lowest BCUT2D eigenvalue weighted by Gasteiger charge is -2.14. The third-order valence-corrected chi connectivity index (χ3v) is 2.66. The second-order valence-electron chi connectivity index (χ2n) is 3.46. The van der Waals surface area contributed by atoms with E-state index in [1.165, 1.54) is 0 Å². The lowest BCUT2D eigenvalue weighted by Crippen LogP contribution is -2.12. The highest BCUT2D eigenvalue weighted by atomic mass is 35.5. The minimum atomic E-state index is 0.100. The zero-order valence-electron chi connectivity index (χ0n) is 8.50. The van der Waals surface area contributed by atoms with Gasteiger partial charge in [-0.2, -0.15) is 5.06 Å². The fraction of sp³-hybridized carbons (Fsp3) is 0.400. The van der Waals surface area contributed by atoms with E-state index in [-0.39, 0.29) is 5.75 Å². The van der Waals surface area contributed by atoms with E-state index in [4.69, 9.17) is 16.8 Å². The molecular formula is C10H14ClNO2. The van der Waals surface area contributed by atoms with Crippen molar-refractivity contribution in [1.29, 1.82) is 0 Å². The first kappa shape index (κ1) is 11.3. The molecule has 1 aromatic rings. The van der Waals surface area contributed by atoms with E-state index in [0.717, 1.165) is 16.2 Å². The van der Waals surface area contributed by atoms with E-state index in [2.05, 4.69) is 0 Å². The molecule has 3 nitrogen and oxygen atoms in total. The van der Waals surface area contributed by atoms with Crippen LogP contribution < -0.4 is 0 Å². The number of benzene rings is 1. The molecule has 0 aliphatic carbocycles.